The van der Waals surface area contributed by atoms with Crippen LogP contribution in [0, 0.1) is 5.92 Å². The third-order valence-electron chi connectivity index (χ3n) is 5.18. The zero-order chi connectivity index (χ0) is 16.6. The van der Waals surface area contributed by atoms with Gasteiger partial charge in [0.1, 0.15) is 0 Å². The average molecular weight is 374 g/mol. The number of rotatable bonds is 6. The minimum atomic E-state index is -3.41. The van der Waals surface area contributed by atoms with Crippen molar-refractivity contribution in [3.05, 3.63) is 35.4 Å². The van der Waals surface area contributed by atoms with E-state index in [0.717, 1.165) is 18.4 Å². The van der Waals surface area contributed by atoms with Crippen molar-refractivity contribution in [1.82, 2.24) is 9.03 Å². The average Bonchev–Trinajstić information content (AvgIpc) is 3.16. The Morgan fingerprint density at radius 3 is 2.33 bits per heavy atom. The predicted octanol–water partition coefficient (Wildman–Crippen LogP) is 2.55. The van der Waals surface area contributed by atoms with E-state index in [-0.39, 0.29) is 31.0 Å². The Bertz CT molecular complexity index is 648. The van der Waals surface area contributed by atoms with Crippen LogP contribution in [0.4, 0.5) is 0 Å². The maximum atomic E-state index is 12.5. The summed E-state index contributed by atoms with van der Waals surface area (Å²) in [5, 5.41) is 0. The van der Waals surface area contributed by atoms with E-state index in [1.54, 1.807) is 4.31 Å². The van der Waals surface area contributed by atoms with Crippen LogP contribution < -0.4 is 10.5 Å². The standard InChI is InChI=1S/C17H27N3O2S.ClH/c1-12(2)14-4-6-15(7-5-14)17(18)10-19-23(21,22)20-11-13-3-8-16(20)9-13;/h4-7,12-13,16-17,19H,3,8-11,18H2,1-2H3;1H. The van der Waals surface area contributed by atoms with E-state index in [2.05, 4.69) is 30.7 Å². The first kappa shape index (κ1) is 19.7. The minimum absolute atomic E-state index is 0. The Morgan fingerprint density at radius 2 is 1.83 bits per heavy atom. The summed E-state index contributed by atoms with van der Waals surface area (Å²) in [6, 6.07) is 7.98. The van der Waals surface area contributed by atoms with E-state index in [1.165, 1.54) is 12.0 Å². The molecule has 24 heavy (non-hydrogen) atoms. The van der Waals surface area contributed by atoms with Crippen LogP contribution in [0.15, 0.2) is 24.3 Å². The van der Waals surface area contributed by atoms with Gasteiger partial charge in [-0.05, 0) is 42.2 Å². The monoisotopic (exact) mass is 373 g/mol. The fourth-order valence-corrected chi connectivity index (χ4v) is 5.24. The molecule has 0 radical (unpaired) electrons. The number of piperidine rings is 1. The van der Waals surface area contributed by atoms with Crippen LogP contribution >= 0.6 is 12.4 Å². The topological polar surface area (TPSA) is 75.4 Å². The molecule has 1 saturated carbocycles. The van der Waals surface area contributed by atoms with E-state index in [9.17, 15) is 8.42 Å². The summed E-state index contributed by atoms with van der Waals surface area (Å²) in [6.07, 6.45) is 3.18. The van der Waals surface area contributed by atoms with Crippen LogP contribution in [0.1, 0.15) is 56.2 Å². The molecule has 136 valence electrons. The molecule has 7 heteroatoms. The quantitative estimate of drug-likeness (QED) is 0.804. The molecule has 0 amide bonds. The lowest BCUT2D eigenvalue weighted by molar-refractivity contribution is 0.328. The highest BCUT2D eigenvalue weighted by Gasteiger charge is 2.43. The molecule has 3 N–H and O–H groups in total. The van der Waals surface area contributed by atoms with Crippen molar-refractivity contribution < 1.29 is 8.42 Å². The molecule has 3 atom stereocenters. The third kappa shape index (κ3) is 4.11. The second kappa shape index (κ2) is 7.70. The van der Waals surface area contributed by atoms with E-state index < -0.39 is 10.2 Å². The first-order valence-electron chi connectivity index (χ1n) is 8.48. The highest BCUT2D eigenvalue weighted by Crippen LogP contribution is 2.38. The van der Waals surface area contributed by atoms with Gasteiger partial charge in [0.15, 0.2) is 0 Å². The Hall–Kier alpha value is -0.660. The molecule has 2 bridgehead atoms. The molecule has 1 aromatic carbocycles. The van der Waals surface area contributed by atoms with Crippen LogP contribution in [0.2, 0.25) is 0 Å². The SMILES string of the molecule is CC(C)c1ccc(C(N)CNS(=O)(=O)N2CC3CCC2C3)cc1.Cl. The number of nitrogens with two attached hydrogens (primary N) is 1. The van der Waals surface area contributed by atoms with E-state index >= 15 is 0 Å². The summed E-state index contributed by atoms with van der Waals surface area (Å²) >= 11 is 0. The molecular weight excluding hydrogens is 346 g/mol. The van der Waals surface area contributed by atoms with Crippen LogP contribution in [0.3, 0.4) is 0 Å². The lowest BCUT2D eigenvalue weighted by atomic mass is 9.99. The fourth-order valence-electron chi connectivity index (χ4n) is 3.70. The number of fused-ring (bicyclic) bond motifs is 2. The van der Waals surface area contributed by atoms with E-state index in [1.807, 2.05) is 12.1 Å². The second-order valence-corrected chi connectivity index (χ2v) is 8.89. The molecule has 1 saturated heterocycles. The Morgan fingerprint density at radius 1 is 1.21 bits per heavy atom. The number of hydrogen-bond donors (Lipinski definition) is 2. The van der Waals surface area contributed by atoms with Crippen molar-refractivity contribution in [3.63, 3.8) is 0 Å². The molecule has 5 nitrogen and oxygen atoms in total. The molecular formula is C17H28ClN3O2S. The van der Waals surface area contributed by atoms with Gasteiger partial charge in [0, 0.05) is 25.2 Å². The molecule has 3 rings (SSSR count). The van der Waals surface area contributed by atoms with Crippen molar-refractivity contribution in [2.75, 3.05) is 13.1 Å². The van der Waals surface area contributed by atoms with Gasteiger partial charge in [-0.2, -0.15) is 12.7 Å². The molecule has 0 aromatic heterocycles. The predicted molar refractivity (Wildman–Crippen MR) is 99.5 cm³/mol. The Labute approximate surface area is 151 Å². The number of benzene rings is 1. The molecule has 1 aliphatic heterocycles. The van der Waals surface area contributed by atoms with Crippen LogP contribution in [0.5, 0.6) is 0 Å². The van der Waals surface area contributed by atoms with E-state index in [0.29, 0.717) is 18.4 Å². The summed E-state index contributed by atoms with van der Waals surface area (Å²) in [4.78, 5) is 0. The molecule has 1 aliphatic carbocycles. The van der Waals surface area contributed by atoms with Crippen molar-refractivity contribution in [1.29, 1.82) is 0 Å². The summed E-state index contributed by atoms with van der Waals surface area (Å²) in [5.74, 6) is 1.03. The lowest BCUT2D eigenvalue weighted by Gasteiger charge is -2.27. The summed E-state index contributed by atoms with van der Waals surface area (Å²) in [6.45, 7) is 5.19. The van der Waals surface area contributed by atoms with Gasteiger partial charge in [-0.25, -0.2) is 4.72 Å². The van der Waals surface area contributed by atoms with Gasteiger partial charge in [0.05, 0.1) is 0 Å². The van der Waals surface area contributed by atoms with Crippen molar-refractivity contribution in [3.8, 4) is 0 Å². The minimum Gasteiger partial charge on any atom is -0.323 e. The van der Waals surface area contributed by atoms with Gasteiger partial charge in [-0.3, -0.25) is 0 Å². The van der Waals surface area contributed by atoms with E-state index in [4.69, 9.17) is 5.73 Å². The van der Waals surface area contributed by atoms with Gasteiger partial charge in [-0.15, -0.1) is 12.4 Å². The largest absolute Gasteiger partial charge is 0.323 e. The van der Waals surface area contributed by atoms with Gasteiger partial charge in [-0.1, -0.05) is 38.1 Å². The number of nitrogens with zero attached hydrogens (tertiary/aromatic N) is 1. The number of halogens is 1. The van der Waals surface area contributed by atoms with Crippen LogP contribution in [-0.2, 0) is 10.2 Å². The molecule has 3 unspecified atom stereocenters. The summed E-state index contributed by atoms with van der Waals surface area (Å²) < 4.78 is 29.3. The second-order valence-electron chi connectivity index (χ2n) is 7.18. The van der Waals surface area contributed by atoms with Gasteiger partial charge >= 0.3 is 0 Å². The fraction of sp³-hybridized carbons (Fsp3) is 0.647. The normalized spacial score (nSPS) is 25.0. The molecule has 2 fully saturated rings. The highest BCUT2D eigenvalue weighted by atomic mass is 35.5. The molecule has 1 aromatic rings. The molecule has 2 aliphatic rings. The first-order valence-corrected chi connectivity index (χ1v) is 9.92. The number of hydrogen-bond acceptors (Lipinski definition) is 3. The van der Waals surface area contributed by atoms with Gasteiger partial charge < -0.3 is 5.73 Å². The van der Waals surface area contributed by atoms with Crippen molar-refractivity contribution >= 4 is 22.6 Å². The lowest BCUT2D eigenvalue weighted by Crippen LogP contribution is -2.46. The van der Waals surface area contributed by atoms with Crippen molar-refractivity contribution in [2.45, 2.75) is 51.1 Å². The summed E-state index contributed by atoms with van der Waals surface area (Å²) in [5.41, 5.74) is 8.37. The van der Waals surface area contributed by atoms with Crippen LogP contribution in [0.25, 0.3) is 0 Å². The van der Waals surface area contributed by atoms with Crippen molar-refractivity contribution in [2.24, 2.45) is 11.7 Å². The van der Waals surface area contributed by atoms with Crippen LogP contribution in [-0.4, -0.2) is 31.9 Å². The summed E-state index contributed by atoms with van der Waals surface area (Å²) in [7, 11) is -3.41. The maximum Gasteiger partial charge on any atom is 0.279 e. The maximum absolute atomic E-state index is 12.5. The third-order valence-corrected chi connectivity index (χ3v) is 6.78. The zero-order valence-electron chi connectivity index (χ0n) is 14.3. The Kier molecular flexibility index (Phi) is 6.31. The zero-order valence-corrected chi connectivity index (χ0v) is 15.9. The first-order chi connectivity index (χ1) is 10.9. The molecule has 0 spiro atoms. The number of nitrogens with one attached hydrogen (secondary N) is 1. The Balaban J connectivity index is 0.00000208. The molecule has 1 heterocycles. The van der Waals surface area contributed by atoms with Gasteiger partial charge in [0.25, 0.3) is 10.2 Å². The van der Waals surface area contributed by atoms with Gasteiger partial charge in [0.2, 0.25) is 0 Å². The smallest absolute Gasteiger partial charge is 0.279 e. The highest BCUT2D eigenvalue weighted by molar-refractivity contribution is 7.87.